The Morgan fingerprint density at radius 3 is 2.35 bits per heavy atom. The molecule has 0 amide bonds. The maximum absolute atomic E-state index is 11.6. The summed E-state index contributed by atoms with van der Waals surface area (Å²) in [6, 6.07) is 0. The Labute approximate surface area is 117 Å². The Bertz CT molecular complexity index is 356. The third-order valence-corrected chi connectivity index (χ3v) is 3.11. The number of phosphoric ester groups is 1. The minimum absolute atomic E-state index is 0.143. The zero-order valence-electron chi connectivity index (χ0n) is 11.8. The summed E-state index contributed by atoms with van der Waals surface area (Å²) in [5.41, 5.74) is 0. The van der Waals surface area contributed by atoms with Gasteiger partial charge in [0.25, 0.3) is 0 Å². The van der Waals surface area contributed by atoms with Gasteiger partial charge >= 0.3 is 7.82 Å². The number of carbonyl (C=O) groups is 1. The van der Waals surface area contributed by atoms with Crippen LogP contribution in [0.5, 0.6) is 0 Å². The predicted octanol–water partition coefficient (Wildman–Crippen LogP) is -2.31. The fourth-order valence-corrected chi connectivity index (χ4v) is 2.32. The number of hydrogen-bond acceptors (Lipinski definition) is 7. The van der Waals surface area contributed by atoms with E-state index in [0.29, 0.717) is 4.48 Å². The van der Waals surface area contributed by atoms with Crippen molar-refractivity contribution in [2.45, 2.75) is 18.6 Å². The third-order valence-electron chi connectivity index (χ3n) is 2.07. The van der Waals surface area contributed by atoms with Gasteiger partial charge in [0, 0.05) is 12.4 Å². The third kappa shape index (κ3) is 10.3. The fourth-order valence-electron chi connectivity index (χ4n) is 1.38. The molecule has 0 aliphatic rings. The normalized spacial score (nSPS) is 18.3. The maximum Gasteiger partial charge on any atom is 0.472 e. The molecule has 9 nitrogen and oxygen atoms in total. The molecule has 0 aromatic rings. The van der Waals surface area contributed by atoms with Gasteiger partial charge in [0.1, 0.15) is 18.8 Å². The first-order chi connectivity index (χ1) is 8.95. The maximum atomic E-state index is 11.6. The lowest BCUT2D eigenvalue weighted by molar-refractivity contribution is -0.873. The second-order valence-corrected chi connectivity index (χ2v) is 6.78. The molecule has 0 aliphatic carbocycles. The first kappa shape index (κ1) is 19.5. The lowest BCUT2D eigenvalue weighted by Crippen LogP contribution is -2.44. The summed E-state index contributed by atoms with van der Waals surface area (Å²) in [4.78, 5) is 20.0. The highest BCUT2D eigenvalue weighted by Gasteiger charge is 2.30. The Morgan fingerprint density at radius 2 is 1.95 bits per heavy atom. The number of phosphoric acid groups is 1. The van der Waals surface area contributed by atoms with Crippen molar-refractivity contribution in [3.8, 4) is 0 Å². The van der Waals surface area contributed by atoms with Gasteiger partial charge < -0.3 is 29.5 Å². The summed E-state index contributed by atoms with van der Waals surface area (Å²) in [5, 5.41) is 28.2. The first-order valence-corrected chi connectivity index (χ1v) is 7.39. The number of likely N-dealkylation sites (N-methyl/N-ethyl adjacent to an activating group) is 1. The molecule has 0 spiro atoms. The molecule has 3 unspecified atom stereocenters. The molecule has 20 heavy (non-hydrogen) atoms. The van der Waals surface area contributed by atoms with Crippen LogP contribution in [0.15, 0.2) is 0 Å². The zero-order chi connectivity index (χ0) is 16.0. The van der Waals surface area contributed by atoms with E-state index < -0.39 is 45.6 Å². The molecule has 0 fully saturated rings. The number of quaternary nitrogens is 1. The predicted molar refractivity (Wildman–Crippen MR) is 66.3 cm³/mol. The van der Waals surface area contributed by atoms with Crippen molar-refractivity contribution in [3.05, 3.63) is 0 Å². The van der Waals surface area contributed by atoms with E-state index in [2.05, 4.69) is 4.52 Å². The van der Waals surface area contributed by atoms with E-state index >= 15 is 0 Å². The van der Waals surface area contributed by atoms with Gasteiger partial charge in [-0.3, -0.25) is 9.05 Å². The van der Waals surface area contributed by atoms with Gasteiger partial charge in [-0.1, -0.05) is 0 Å². The Hall–Kier alpha value is -0.540. The van der Waals surface area contributed by atoms with E-state index in [1.54, 1.807) is 21.1 Å². The Morgan fingerprint density at radius 1 is 1.40 bits per heavy atom. The van der Waals surface area contributed by atoms with Crippen LogP contribution in [0.1, 0.15) is 6.42 Å². The molecular formula is C10H22NO8P. The molecule has 0 saturated heterocycles. The molecule has 3 atom stereocenters. The van der Waals surface area contributed by atoms with Crippen molar-refractivity contribution in [2.24, 2.45) is 0 Å². The largest absolute Gasteiger partial charge is 0.550 e. The van der Waals surface area contributed by atoms with Crippen molar-refractivity contribution >= 4 is 13.8 Å². The lowest BCUT2D eigenvalue weighted by Gasteiger charge is -2.30. The first-order valence-electron chi connectivity index (χ1n) is 5.90. The fraction of sp³-hybridized carbons (Fsp3) is 0.900. The van der Waals surface area contributed by atoms with E-state index in [0.717, 1.165) is 0 Å². The molecule has 0 aliphatic heterocycles. The number of nitrogens with zero attached hydrogens (tertiary/aromatic N) is 1. The van der Waals surface area contributed by atoms with Crippen LogP contribution in [-0.4, -0.2) is 78.7 Å². The minimum atomic E-state index is -4.53. The summed E-state index contributed by atoms with van der Waals surface area (Å²) < 4.78 is 21.2. The van der Waals surface area contributed by atoms with E-state index in [1.165, 1.54) is 0 Å². The molecule has 0 aromatic heterocycles. The summed E-state index contributed by atoms with van der Waals surface area (Å²) >= 11 is 0. The van der Waals surface area contributed by atoms with Crippen LogP contribution in [0.3, 0.4) is 0 Å². The van der Waals surface area contributed by atoms with Crippen molar-refractivity contribution in [2.75, 3.05) is 40.9 Å². The van der Waals surface area contributed by atoms with Crippen LogP contribution < -0.4 is 5.11 Å². The highest BCUT2D eigenvalue weighted by Crippen LogP contribution is 2.45. The molecule has 0 saturated carbocycles. The second-order valence-electron chi connectivity index (χ2n) is 5.38. The number of hydrogen-bond donors (Lipinski definition) is 3. The number of carboxylic acid groups (broad SMARTS) is 1. The Kier molecular flexibility index (Phi) is 7.82. The van der Waals surface area contributed by atoms with Crippen molar-refractivity contribution in [1.29, 1.82) is 0 Å². The van der Waals surface area contributed by atoms with E-state index in [-0.39, 0.29) is 6.54 Å². The average molecular weight is 315 g/mol. The lowest BCUT2D eigenvalue weighted by atomic mass is 10.2. The Balaban J connectivity index is 4.61. The van der Waals surface area contributed by atoms with Gasteiger partial charge in [0.15, 0.2) is 0 Å². The van der Waals surface area contributed by atoms with Crippen molar-refractivity contribution < 1.29 is 43.1 Å². The molecule has 0 rings (SSSR count). The van der Waals surface area contributed by atoms with Crippen LogP contribution in [0.2, 0.25) is 0 Å². The quantitative estimate of drug-likeness (QED) is 0.302. The van der Waals surface area contributed by atoms with Crippen LogP contribution in [0.4, 0.5) is 0 Å². The smallest absolute Gasteiger partial charge is 0.472 e. The molecule has 0 bridgehead atoms. The van der Waals surface area contributed by atoms with Crippen LogP contribution in [0, 0.1) is 0 Å². The number of aliphatic hydroxyl groups is 2. The van der Waals surface area contributed by atoms with Gasteiger partial charge in [0.05, 0.1) is 34.4 Å². The number of carboxylic acids is 1. The zero-order valence-corrected chi connectivity index (χ0v) is 12.7. The number of rotatable bonds is 10. The van der Waals surface area contributed by atoms with Crippen LogP contribution in [0.25, 0.3) is 0 Å². The van der Waals surface area contributed by atoms with Crippen molar-refractivity contribution in [3.63, 3.8) is 0 Å². The van der Waals surface area contributed by atoms with E-state index in [9.17, 15) is 19.4 Å². The van der Waals surface area contributed by atoms with Crippen LogP contribution >= 0.6 is 7.82 Å². The topological polar surface area (TPSA) is 136 Å². The number of aliphatic carboxylic acids is 1. The monoisotopic (exact) mass is 315 g/mol. The van der Waals surface area contributed by atoms with E-state index in [1.807, 2.05) is 0 Å². The van der Waals surface area contributed by atoms with E-state index in [4.69, 9.17) is 14.7 Å². The SMILES string of the molecule is C[N+](C)(C)CC(CC(=O)[O-])OP(=O)(O)OCC(O)CO. The van der Waals surface area contributed by atoms with Gasteiger partial charge in [-0.15, -0.1) is 0 Å². The molecule has 120 valence electrons. The number of carbonyl (C=O) groups excluding carboxylic acids is 1. The van der Waals surface area contributed by atoms with Gasteiger partial charge in [-0.05, 0) is 0 Å². The molecule has 3 N–H and O–H groups in total. The van der Waals surface area contributed by atoms with Gasteiger partial charge in [0.2, 0.25) is 0 Å². The minimum Gasteiger partial charge on any atom is -0.550 e. The molecule has 10 heteroatoms. The van der Waals surface area contributed by atoms with Gasteiger partial charge in [-0.2, -0.15) is 0 Å². The van der Waals surface area contributed by atoms with Gasteiger partial charge in [-0.25, -0.2) is 4.57 Å². The standard InChI is InChI=1S/C10H22NO8P/c1-11(2,3)5-9(4-10(14)15)19-20(16,17)18-7-8(13)6-12/h8-9,12-13H,4-7H2,1-3H3,(H-,14,15,16,17). The molecule has 0 aromatic carbocycles. The summed E-state index contributed by atoms with van der Waals surface area (Å²) in [6.45, 7) is -1.10. The van der Waals surface area contributed by atoms with Crippen LogP contribution in [-0.2, 0) is 18.4 Å². The second kappa shape index (κ2) is 8.04. The van der Waals surface area contributed by atoms with Crippen molar-refractivity contribution in [1.82, 2.24) is 0 Å². The number of aliphatic hydroxyl groups excluding tert-OH is 2. The average Bonchev–Trinajstić information content (AvgIpc) is 2.21. The summed E-state index contributed by atoms with van der Waals surface area (Å²) in [6.07, 6.45) is -2.97. The molecule has 0 heterocycles. The highest BCUT2D eigenvalue weighted by atomic mass is 31.2. The summed E-state index contributed by atoms with van der Waals surface area (Å²) in [5.74, 6) is -1.42. The summed E-state index contributed by atoms with van der Waals surface area (Å²) in [7, 11) is 0.733. The highest BCUT2D eigenvalue weighted by molar-refractivity contribution is 7.47. The molecular weight excluding hydrogens is 293 g/mol. The molecule has 0 radical (unpaired) electrons.